The molecule has 2 fully saturated rings. The van der Waals surface area contributed by atoms with Crippen LogP contribution in [0.3, 0.4) is 0 Å². The van der Waals surface area contributed by atoms with Gasteiger partial charge in [-0.05, 0) is 31.2 Å². The number of nitrogen functional groups attached to an aromatic ring is 1. The molecular formula is C29H36N10O4. The third-order valence-electron chi connectivity index (χ3n) is 7.92. The predicted octanol–water partition coefficient (Wildman–Crippen LogP) is 1.29. The predicted molar refractivity (Wildman–Crippen MR) is 159 cm³/mol. The smallest absolute Gasteiger partial charge is 0.378 e. The highest BCUT2D eigenvalue weighted by molar-refractivity contribution is 5.94. The molecule has 0 saturated carbocycles. The van der Waals surface area contributed by atoms with Crippen LogP contribution in [0, 0.1) is 0 Å². The average Bonchev–Trinajstić information content (AvgIpc) is 3.44. The molecule has 43 heavy (non-hydrogen) atoms. The van der Waals surface area contributed by atoms with Crippen molar-refractivity contribution in [1.82, 2.24) is 34.6 Å². The van der Waals surface area contributed by atoms with Crippen molar-refractivity contribution >= 4 is 29.7 Å². The van der Waals surface area contributed by atoms with E-state index in [4.69, 9.17) is 25.3 Å². The molecule has 14 heteroatoms. The fourth-order valence-electron chi connectivity index (χ4n) is 5.36. The molecule has 2 amide bonds. The first-order chi connectivity index (χ1) is 20.9. The summed E-state index contributed by atoms with van der Waals surface area (Å²) in [6, 6.07) is 7.39. The number of rotatable bonds is 6. The number of piperazine rings is 1. The van der Waals surface area contributed by atoms with Crippen molar-refractivity contribution in [2.45, 2.75) is 13.0 Å². The standard InChI is InChI=1S/C29H36N10O4/c1-35-9-11-37(12-10-35)26(40)21-5-3-20(4-6-21)19-36(2)29(41)43-39-8-7-23-24(22-17-31-27(30)32-18-22)33-28(34-25(23)39)38-13-15-42-16-14-38/h3-6,17-18H,7-16,19H2,1-2H3,(H2,30,31,32). The minimum Gasteiger partial charge on any atom is -0.378 e. The minimum atomic E-state index is -0.519. The first-order valence-electron chi connectivity index (χ1n) is 14.4. The molecule has 1 aromatic carbocycles. The van der Waals surface area contributed by atoms with Crippen LogP contribution in [0.15, 0.2) is 36.7 Å². The van der Waals surface area contributed by atoms with Gasteiger partial charge in [-0.15, -0.1) is 0 Å². The highest BCUT2D eigenvalue weighted by atomic mass is 16.7. The molecule has 6 rings (SSSR count). The van der Waals surface area contributed by atoms with Crippen molar-refractivity contribution in [2.75, 3.05) is 88.8 Å². The number of hydroxylamine groups is 1. The van der Waals surface area contributed by atoms with Crippen LogP contribution in [0.2, 0.25) is 0 Å². The van der Waals surface area contributed by atoms with Crippen LogP contribution in [0.5, 0.6) is 0 Å². The van der Waals surface area contributed by atoms with Gasteiger partial charge in [0.1, 0.15) is 0 Å². The highest BCUT2D eigenvalue weighted by Gasteiger charge is 2.31. The molecule has 2 N–H and O–H groups in total. The summed E-state index contributed by atoms with van der Waals surface area (Å²) < 4.78 is 5.50. The number of ether oxygens (including phenoxy) is 1. The molecule has 226 valence electrons. The van der Waals surface area contributed by atoms with E-state index in [2.05, 4.69) is 21.9 Å². The number of likely N-dealkylation sites (N-methyl/N-ethyl adjacent to an activating group) is 1. The Morgan fingerprint density at radius 2 is 1.67 bits per heavy atom. The summed E-state index contributed by atoms with van der Waals surface area (Å²) in [7, 11) is 3.74. The van der Waals surface area contributed by atoms with E-state index < -0.39 is 6.09 Å². The van der Waals surface area contributed by atoms with E-state index in [1.165, 1.54) is 9.96 Å². The number of hydrogen-bond donors (Lipinski definition) is 1. The third-order valence-corrected chi connectivity index (χ3v) is 7.92. The zero-order valence-electron chi connectivity index (χ0n) is 24.5. The van der Waals surface area contributed by atoms with Gasteiger partial charge in [0.25, 0.3) is 5.91 Å². The number of anilines is 3. The van der Waals surface area contributed by atoms with Crippen LogP contribution < -0.4 is 15.7 Å². The normalized spacial score (nSPS) is 17.1. The maximum atomic E-state index is 13.2. The Balaban J connectivity index is 1.15. The average molecular weight is 589 g/mol. The van der Waals surface area contributed by atoms with E-state index in [9.17, 15) is 9.59 Å². The second-order valence-electron chi connectivity index (χ2n) is 11.0. The summed E-state index contributed by atoms with van der Waals surface area (Å²) in [5.41, 5.74) is 9.49. The summed E-state index contributed by atoms with van der Waals surface area (Å²) >= 11 is 0. The molecule has 0 unspecified atom stereocenters. The summed E-state index contributed by atoms with van der Waals surface area (Å²) in [5.74, 6) is 1.27. The Labute approximate surface area is 250 Å². The van der Waals surface area contributed by atoms with Gasteiger partial charge in [-0.3, -0.25) is 4.79 Å². The molecule has 5 heterocycles. The lowest BCUT2D eigenvalue weighted by Gasteiger charge is -2.32. The van der Waals surface area contributed by atoms with Crippen molar-refractivity contribution in [3.63, 3.8) is 0 Å². The number of benzene rings is 1. The molecule has 2 saturated heterocycles. The van der Waals surface area contributed by atoms with E-state index >= 15 is 0 Å². The van der Waals surface area contributed by atoms with Gasteiger partial charge in [0, 0.05) is 81.9 Å². The molecule has 2 aromatic heterocycles. The number of carbonyl (C=O) groups is 2. The largest absolute Gasteiger partial charge is 0.434 e. The molecule has 0 bridgehead atoms. The monoisotopic (exact) mass is 588 g/mol. The molecule has 3 aromatic rings. The van der Waals surface area contributed by atoms with E-state index in [1.807, 2.05) is 34.1 Å². The first-order valence-corrected chi connectivity index (χ1v) is 14.4. The Bertz CT molecular complexity index is 1460. The molecule has 0 aliphatic carbocycles. The number of aromatic nitrogens is 4. The zero-order valence-corrected chi connectivity index (χ0v) is 24.5. The van der Waals surface area contributed by atoms with Gasteiger partial charge < -0.3 is 34.9 Å². The van der Waals surface area contributed by atoms with Gasteiger partial charge in [0.15, 0.2) is 5.82 Å². The number of fused-ring (bicyclic) bond motifs is 1. The van der Waals surface area contributed by atoms with E-state index in [0.717, 1.165) is 37.3 Å². The van der Waals surface area contributed by atoms with Crippen molar-refractivity contribution in [1.29, 1.82) is 0 Å². The summed E-state index contributed by atoms with van der Waals surface area (Å²) in [6.45, 7) is 6.40. The Hall–Kier alpha value is -4.56. The lowest BCUT2D eigenvalue weighted by atomic mass is 10.1. The molecule has 3 aliphatic rings. The molecule has 0 radical (unpaired) electrons. The number of nitrogens with zero attached hydrogens (tertiary/aromatic N) is 9. The van der Waals surface area contributed by atoms with Crippen molar-refractivity contribution in [3.05, 3.63) is 53.3 Å². The Morgan fingerprint density at radius 1 is 0.977 bits per heavy atom. The fraction of sp³-hybridized carbons (Fsp3) is 0.448. The lowest BCUT2D eigenvalue weighted by Crippen LogP contribution is -2.47. The second-order valence-corrected chi connectivity index (χ2v) is 11.0. The molecule has 0 spiro atoms. The number of carbonyl (C=O) groups excluding carboxylic acids is 2. The van der Waals surface area contributed by atoms with E-state index in [-0.39, 0.29) is 11.9 Å². The Morgan fingerprint density at radius 3 is 2.37 bits per heavy atom. The van der Waals surface area contributed by atoms with Gasteiger partial charge in [0.2, 0.25) is 11.9 Å². The van der Waals surface area contributed by atoms with Crippen LogP contribution in [0.4, 0.5) is 22.5 Å². The van der Waals surface area contributed by atoms with Crippen LogP contribution in [0.25, 0.3) is 11.3 Å². The Kier molecular flexibility index (Phi) is 8.20. The zero-order chi connectivity index (χ0) is 29.9. The lowest BCUT2D eigenvalue weighted by molar-refractivity contribution is 0.0663. The van der Waals surface area contributed by atoms with E-state index in [0.29, 0.717) is 74.4 Å². The molecule has 14 nitrogen and oxygen atoms in total. The van der Waals surface area contributed by atoms with Gasteiger partial charge >= 0.3 is 6.09 Å². The van der Waals surface area contributed by atoms with Gasteiger partial charge in [-0.2, -0.15) is 10.0 Å². The molecular weight excluding hydrogens is 552 g/mol. The highest BCUT2D eigenvalue weighted by Crippen LogP contribution is 2.35. The third kappa shape index (κ3) is 6.29. The number of nitrogens with two attached hydrogens (primary N) is 1. The van der Waals surface area contributed by atoms with Gasteiger partial charge in [-0.25, -0.2) is 19.7 Å². The minimum absolute atomic E-state index is 0.0310. The van der Waals surface area contributed by atoms with Crippen LogP contribution >= 0.6 is 0 Å². The maximum Gasteiger partial charge on any atom is 0.434 e. The maximum absolute atomic E-state index is 13.2. The summed E-state index contributed by atoms with van der Waals surface area (Å²) in [4.78, 5) is 57.5. The molecule has 3 aliphatic heterocycles. The van der Waals surface area contributed by atoms with Crippen molar-refractivity contribution in [3.8, 4) is 11.3 Å². The first kappa shape index (κ1) is 28.6. The topological polar surface area (TPSA) is 146 Å². The van der Waals surface area contributed by atoms with Gasteiger partial charge in [-0.1, -0.05) is 12.1 Å². The summed E-state index contributed by atoms with van der Waals surface area (Å²) in [5, 5.41) is 1.53. The SMILES string of the molecule is CN1CCN(C(=O)c2ccc(CN(C)C(=O)ON3CCc4c(-c5cnc(N)nc5)nc(N5CCOCC5)nc43)cc2)CC1. The van der Waals surface area contributed by atoms with Gasteiger partial charge in [0.05, 0.1) is 25.5 Å². The van der Waals surface area contributed by atoms with E-state index in [1.54, 1.807) is 19.4 Å². The van der Waals surface area contributed by atoms with Crippen LogP contribution in [-0.4, -0.2) is 120 Å². The molecule has 0 atom stereocenters. The number of amides is 2. The number of morpholine rings is 1. The second kappa shape index (κ2) is 12.4. The summed E-state index contributed by atoms with van der Waals surface area (Å²) in [6.07, 6.45) is 3.34. The number of hydrogen-bond acceptors (Lipinski definition) is 12. The van der Waals surface area contributed by atoms with Crippen molar-refractivity contribution in [2.24, 2.45) is 0 Å². The van der Waals surface area contributed by atoms with Crippen LogP contribution in [0.1, 0.15) is 21.5 Å². The fourth-order valence-corrected chi connectivity index (χ4v) is 5.36. The van der Waals surface area contributed by atoms with Crippen LogP contribution in [-0.2, 0) is 22.5 Å². The quantitative estimate of drug-likeness (QED) is 0.443. The van der Waals surface area contributed by atoms with Crippen molar-refractivity contribution < 1.29 is 19.2 Å².